The third-order valence-electron chi connectivity index (χ3n) is 3.01. The molecule has 2 atom stereocenters. The topological polar surface area (TPSA) is 85.3 Å². The number of ether oxygens (including phenoxy) is 3. The van der Waals surface area contributed by atoms with Gasteiger partial charge in [0, 0.05) is 27.3 Å². The van der Waals surface area contributed by atoms with Crippen molar-refractivity contribution in [2.45, 2.75) is 25.0 Å². The number of aliphatic carboxylic acids is 1. The third-order valence-corrected chi connectivity index (χ3v) is 3.01. The van der Waals surface area contributed by atoms with Crippen molar-refractivity contribution in [3.8, 4) is 0 Å². The maximum Gasteiger partial charge on any atom is 0.332 e. The zero-order valence-electron chi connectivity index (χ0n) is 11.3. The monoisotopic (exact) mass is 275 g/mol. The van der Waals surface area contributed by atoms with Crippen LogP contribution < -0.4 is 0 Å². The second-order valence-electron chi connectivity index (χ2n) is 4.34. The molecule has 1 N–H and O–H groups in total. The molecule has 1 saturated heterocycles. The van der Waals surface area contributed by atoms with Crippen LogP contribution in [0.5, 0.6) is 0 Å². The fourth-order valence-electron chi connectivity index (χ4n) is 1.94. The van der Waals surface area contributed by atoms with Crippen LogP contribution in [-0.2, 0) is 23.8 Å². The third kappa shape index (κ3) is 4.77. The first kappa shape index (κ1) is 15.9. The van der Waals surface area contributed by atoms with Crippen molar-refractivity contribution in [3.05, 3.63) is 0 Å². The number of carbonyl (C=O) groups is 2. The van der Waals surface area contributed by atoms with Gasteiger partial charge in [0.15, 0.2) is 6.10 Å². The Morgan fingerprint density at radius 3 is 2.11 bits per heavy atom. The van der Waals surface area contributed by atoms with Crippen molar-refractivity contribution < 1.29 is 28.9 Å². The van der Waals surface area contributed by atoms with Crippen LogP contribution >= 0.6 is 0 Å². The summed E-state index contributed by atoms with van der Waals surface area (Å²) in [7, 11) is 3.12. The van der Waals surface area contributed by atoms with E-state index in [-0.39, 0.29) is 5.91 Å². The van der Waals surface area contributed by atoms with E-state index in [4.69, 9.17) is 19.3 Å². The predicted molar refractivity (Wildman–Crippen MR) is 65.9 cm³/mol. The first-order chi connectivity index (χ1) is 9.10. The average molecular weight is 275 g/mol. The van der Waals surface area contributed by atoms with Crippen LogP contribution in [0.4, 0.5) is 0 Å². The largest absolute Gasteiger partial charge is 0.479 e. The first-order valence-corrected chi connectivity index (χ1v) is 6.25. The Morgan fingerprint density at radius 2 is 1.68 bits per heavy atom. The highest BCUT2D eigenvalue weighted by atomic mass is 16.5. The molecule has 1 heterocycles. The Labute approximate surface area is 112 Å². The van der Waals surface area contributed by atoms with Crippen molar-refractivity contribution >= 4 is 11.9 Å². The van der Waals surface area contributed by atoms with Gasteiger partial charge in [0.25, 0.3) is 5.91 Å². The normalized spacial score (nSPS) is 22.4. The summed E-state index contributed by atoms with van der Waals surface area (Å²) in [5.41, 5.74) is 0. The number of carboxylic acid groups (broad SMARTS) is 1. The summed E-state index contributed by atoms with van der Waals surface area (Å²) in [5.74, 6) is -1.21. The number of hydrogen-bond acceptors (Lipinski definition) is 5. The number of rotatable bonds is 8. The van der Waals surface area contributed by atoms with Crippen molar-refractivity contribution in [1.82, 2.24) is 4.90 Å². The Hall–Kier alpha value is -1.18. The number of carboxylic acids is 1. The van der Waals surface area contributed by atoms with Gasteiger partial charge in [-0.15, -0.1) is 0 Å². The zero-order chi connectivity index (χ0) is 14.3. The smallest absolute Gasteiger partial charge is 0.332 e. The van der Waals surface area contributed by atoms with Gasteiger partial charge in [-0.25, -0.2) is 4.79 Å². The molecule has 0 unspecified atom stereocenters. The molecule has 0 bridgehead atoms. The number of carbonyl (C=O) groups excluding carboxylic acids is 1. The molecule has 0 aromatic rings. The highest BCUT2D eigenvalue weighted by Gasteiger charge is 2.36. The molecule has 7 nitrogen and oxygen atoms in total. The van der Waals surface area contributed by atoms with Gasteiger partial charge in [0.05, 0.1) is 13.2 Å². The SMILES string of the molecule is COCCN(CCOC)C(=O)[C@@H]1CC[C@H](C(=O)O)O1. The lowest BCUT2D eigenvalue weighted by Gasteiger charge is -2.24. The van der Waals surface area contributed by atoms with Crippen molar-refractivity contribution in [1.29, 1.82) is 0 Å². The summed E-state index contributed by atoms with van der Waals surface area (Å²) >= 11 is 0. The Balaban J connectivity index is 2.53. The number of nitrogens with zero attached hydrogens (tertiary/aromatic N) is 1. The van der Waals surface area contributed by atoms with Gasteiger partial charge in [0.2, 0.25) is 0 Å². The van der Waals surface area contributed by atoms with E-state index in [1.54, 1.807) is 19.1 Å². The highest BCUT2D eigenvalue weighted by molar-refractivity contribution is 5.82. The Kier molecular flexibility index (Phi) is 6.75. The molecule has 1 aliphatic heterocycles. The summed E-state index contributed by atoms with van der Waals surface area (Å²) in [4.78, 5) is 24.6. The van der Waals surface area contributed by atoms with Gasteiger partial charge in [-0.05, 0) is 12.8 Å². The first-order valence-electron chi connectivity index (χ1n) is 6.25. The van der Waals surface area contributed by atoms with E-state index >= 15 is 0 Å². The maximum atomic E-state index is 12.2. The Morgan fingerprint density at radius 1 is 1.16 bits per heavy atom. The van der Waals surface area contributed by atoms with Crippen LogP contribution in [0.1, 0.15) is 12.8 Å². The quantitative estimate of drug-likeness (QED) is 0.657. The highest BCUT2D eigenvalue weighted by Crippen LogP contribution is 2.21. The molecule has 0 aromatic carbocycles. The van der Waals surface area contributed by atoms with Crippen molar-refractivity contribution in [3.63, 3.8) is 0 Å². The van der Waals surface area contributed by atoms with Crippen LogP contribution in [0.25, 0.3) is 0 Å². The van der Waals surface area contributed by atoms with Gasteiger partial charge < -0.3 is 24.2 Å². The second-order valence-corrected chi connectivity index (χ2v) is 4.34. The molecule has 0 aliphatic carbocycles. The summed E-state index contributed by atoms with van der Waals surface area (Å²) in [6.07, 6.45) is -0.740. The van der Waals surface area contributed by atoms with Gasteiger partial charge in [-0.3, -0.25) is 4.79 Å². The predicted octanol–water partition coefficient (Wildman–Crippen LogP) is -0.260. The second kappa shape index (κ2) is 8.08. The maximum absolute atomic E-state index is 12.2. The van der Waals surface area contributed by atoms with E-state index in [1.165, 1.54) is 0 Å². The van der Waals surface area contributed by atoms with Crippen LogP contribution in [-0.4, -0.2) is 74.6 Å². The van der Waals surface area contributed by atoms with E-state index in [0.717, 1.165) is 0 Å². The molecule has 1 amide bonds. The van der Waals surface area contributed by atoms with Crippen LogP contribution in [0, 0.1) is 0 Å². The lowest BCUT2D eigenvalue weighted by molar-refractivity contribution is -0.155. The minimum absolute atomic E-state index is 0.196. The van der Waals surface area contributed by atoms with E-state index in [1.807, 2.05) is 0 Å². The molecule has 110 valence electrons. The van der Waals surface area contributed by atoms with Crippen molar-refractivity contribution in [2.24, 2.45) is 0 Å². The molecule has 19 heavy (non-hydrogen) atoms. The van der Waals surface area contributed by atoms with Crippen LogP contribution in [0.3, 0.4) is 0 Å². The van der Waals surface area contributed by atoms with E-state index < -0.39 is 18.2 Å². The van der Waals surface area contributed by atoms with Crippen molar-refractivity contribution in [2.75, 3.05) is 40.5 Å². The molecule has 0 saturated carbocycles. The molecule has 1 fully saturated rings. The molecule has 0 radical (unpaired) electrons. The molecular weight excluding hydrogens is 254 g/mol. The Bertz CT molecular complexity index is 301. The van der Waals surface area contributed by atoms with E-state index in [0.29, 0.717) is 39.1 Å². The summed E-state index contributed by atoms with van der Waals surface area (Å²) < 4.78 is 15.2. The molecule has 0 aromatic heterocycles. The standard InChI is InChI=1S/C12H21NO6/c1-17-7-5-13(6-8-18-2)11(14)9-3-4-10(19-9)12(15)16/h9-10H,3-8H2,1-2H3,(H,15,16)/t9-,10+/m0/s1. The molecule has 7 heteroatoms. The molecule has 1 aliphatic rings. The number of amides is 1. The number of methoxy groups -OCH3 is 2. The van der Waals surface area contributed by atoms with Crippen LogP contribution in [0.15, 0.2) is 0 Å². The minimum atomic E-state index is -1.02. The van der Waals surface area contributed by atoms with Gasteiger partial charge in [0.1, 0.15) is 6.10 Å². The number of hydrogen-bond donors (Lipinski definition) is 1. The summed E-state index contributed by atoms with van der Waals surface area (Å²) in [5, 5.41) is 8.84. The summed E-state index contributed by atoms with van der Waals surface area (Å²) in [6, 6.07) is 0. The lowest BCUT2D eigenvalue weighted by atomic mass is 10.2. The molecular formula is C12H21NO6. The fraction of sp³-hybridized carbons (Fsp3) is 0.833. The average Bonchev–Trinajstić information content (AvgIpc) is 2.88. The molecule has 1 rings (SSSR count). The summed E-state index contributed by atoms with van der Waals surface area (Å²) in [6.45, 7) is 1.72. The molecule has 0 spiro atoms. The fourth-order valence-corrected chi connectivity index (χ4v) is 1.94. The lowest BCUT2D eigenvalue weighted by Crippen LogP contribution is -2.43. The minimum Gasteiger partial charge on any atom is -0.479 e. The zero-order valence-corrected chi connectivity index (χ0v) is 11.3. The van der Waals surface area contributed by atoms with Gasteiger partial charge >= 0.3 is 5.97 Å². The van der Waals surface area contributed by atoms with Gasteiger partial charge in [-0.1, -0.05) is 0 Å². The van der Waals surface area contributed by atoms with Crippen LogP contribution in [0.2, 0.25) is 0 Å². The van der Waals surface area contributed by atoms with Gasteiger partial charge in [-0.2, -0.15) is 0 Å². The van der Waals surface area contributed by atoms with E-state index in [2.05, 4.69) is 0 Å². The van der Waals surface area contributed by atoms with E-state index in [9.17, 15) is 9.59 Å².